The molecule has 1 saturated heterocycles. The number of fused-ring (bicyclic) bond motifs is 1. The Hall–Kier alpha value is -4.01. The summed E-state index contributed by atoms with van der Waals surface area (Å²) >= 11 is 6.25. The SMILES string of the molecule is Cc1nc(C)c([C@H](OC(C)(C)C)C(=O)O)c(N2CCC(C)(C)CC2)c1-c1ccc2c(c1)CCN(c1cc(-c3cccc(Cl)c3)ncn1)C2. The van der Waals surface area contributed by atoms with Gasteiger partial charge in [-0.15, -0.1) is 0 Å². The molecule has 2 aliphatic rings. The van der Waals surface area contributed by atoms with Crippen LogP contribution in [0.5, 0.6) is 0 Å². The number of aryl methyl sites for hydroxylation is 2. The molecule has 1 fully saturated rings. The van der Waals surface area contributed by atoms with E-state index in [2.05, 4.69) is 51.8 Å². The van der Waals surface area contributed by atoms with Gasteiger partial charge in [0.2, 0.25) is 0 Å². The molecule has 9 heteroatoms. The van der Waals surface area contributed by atoms with Gasteiger partial charge in [-0.25, -0.2) is 14.8 Å². The molecule has 0 saturated carbocycles. The minimum absolute atomic E-state index is 0.234. The van der Waals surface area contributed by atoms with Crippen molar-refractivity contribution in [2.24, 2.45) is 5.41 Å². The summed E-state index contributed by atoms with van der Waals surface area (Å²) in [6.07, 6.45) is 3.37. The molecule has 0 bridgehead atoms. The van der Waals surface area contributed by atoms with E-state index in [1.807, 2.05) is 65.0 Å². The van der Waals surface area contributed by atoms with Crippen molar-refractivity contribution in [3.63, 3.8) is 0 Å². The predicted molar refractivity (Wildman–Crippen MR) is 193 cm³/mol. The van der Waals surface area contributed by atoms with Crippen LogP contribution < -0.4 is 9.80 Å². The number of pyridine rings is 1. The van der Waals surface area contributed by atoms with E-state index in [0.29, 0.717) is 16.3 Å². The van der Waals surface area contributed by atoms with E-state index >= 15 is 0 Å². The van der Waals surface area contributed by atoms with E-state index in [4.69, 9.17) is 21.3 Å². The van der Waals surface area contributed by atoms with Gasteiger partial charge in [0.15, 0.2) is 6.10 Å². The van der Waals surface area contributed by atoms with Crippen molar-refractivity contribution in [2.45, 2.75) is 86.0 Å². The maximum absolute atomic E-state index is 12.9. The van der Waals surface area contributed by atoms with Crippen LogP contribution in [0.1, 0.15) is 81.6 Å². The standard InChI is InChI=1S/C39H46ClN5O3/c1-24-33(35(44-17-14-39(6,7)15-18-44)34(25(2)43-24)36(37(46)47)48-38(3,4)5)28-11-12-29-22-45(16-13-26(29)19-28)32-21-31(41-23-42-32)27-9-8-10-30(40)20-27/h8-12,19-21,23,36H,13-18,22H2,1-7H3,(H,46,47)/t36-/m0/s1. The molecular weight excluding hydrogens is 622 g/mol. The highest BCUT2D eigenvalue weighted by Gasteiger charge is 2.36. The summed E-state index contributed by atoms with van der Waals surface area (Å²) in [6, 6.07) is 16.4. The van der Waals surface area contributed by atoms with Gasteiger partial charge in [0.05, 0.1) is 17.0 Å². The monoisotopic (exact) mass is 667 g/mol. The zero-order valence-corrected chi connectivity index (χ0v) is 29.9. The molecule has 252 valence electrons. The molecule has 6 rings (SSSR count). The third-order valence-corrected chi connectivity index (χ3v) is 9.81. The average molecular weight is 668 g/mol. The summed E-state index contributed by atoms with van der Waals surface area (Å²) in [5.41, 5.74) is 9.13. The van der Waals surface area contributed by atoms with Crippen LogP contribution in [0, 0.1) is 19.3 Å². The van der Waals surface area contributed by atoms with Crippen LogP contribution in [0.3, 0.4) is 0 Å². The lowest BCUT2D eigenvalue weighted by atomic mass is 9.81. The van der Waals surface area contributed by atoms with E-state index in [1.165, 1.54) is 11.1 Å². The molecule has 0 spiro atoms. The van der Waals surface area contributed by atoms with Gasteiger partial charge < -0.3 is 19.6 Å². The van der Waals surface area contributed by atoms with Gasteiger partial charge in [0.25, 0.3) is 0 Å². The number of carbonyl (C=O) groups is 1. The van der Waals surface area contributed by atoms with E-state index in [1.54, 1.807) is 6.33 Å². The number of carboxylic acids is 1. The van der Waals surface area contributed by atoms with Gasteiger partial charge in [-0.2, -0.15) is 0 Å². The first-order valence-electron chi connectivity index (χ1n) is 16.8. The molecule has 1 atom stereocenters. The lowest BCUT2D eigenvalue weighted by molar-refractivity contribution is -0.160. The van der Waals surface area contributed by atoms with Crippen LogP contribution in [-0.2, 0) is 22.5 Å². The number of carboxylic acid groups (broad SMARTS) is 1. The average Bonchev–Trinajstić information content (AvgIpc) is 3.03. The topological polar surface area (TPSA) is 91.7 Å². The number of anilines is 2. The summed E-state index contributed by atoms with van der Waals surface area (Å²) in [5.74, 6) is -0.121. The van der Waals surface area contributed by atoms with Crippen LogP contribution >= 0.6 is 11.6 Å². The third kappa shape index (κ3) is 7.20. The number of nitrogens with zero attached hydrogens (tertiary/aromatic N) is 5. The zero-order chi connectivity index (χ0) is 34.4. The second-order valence-corrected chi connectivity index (χ2v) is 15.4. The molecule has 0 amide bonds. The Morgan fingerprint density at radius 1 is 0.938 bits per heavy atom. The normalized spacial score (nSPS) is 16.8. The maximum atomic E-state index is 12.9. The largest absolute Gasteiger partial charge is 0.479 e. The third-order valence-electron chi connectivity index (χ3n) is 9.57. The molecule has 4 aromatic rings. The Morgan fingerprint density at radius 2 is 1.69 bits per heavy atom. The van der Waals surface area contributed by atoms with Crippen molar-refractivity contribution >= 4 is 29.1 Å². The quantitative estimate of drug-likeness (QED) is 0.210. The van der Waals surface area contributed by atoms with Gasteiger partial charge >= 0.3 is 5.97 Å². The summed E-state index contributed by atoms with van der Waals surface area (Å²) in [6.45, 7) is 17.5. The maximum Gasteiger partial charge on any atom is 0.337 e. The van der Waals surface area contributed by atoms with Gasteiger partial charge in [0, 0.05) is 65.3 Å². The first-order chi connectivity index (χ1) is 22.7. The van der Waals surface area contributed by atoms with Gasteiger partial charge in [-0.3, -0.25) is 4.98 Å². The highest BCUT2D eigenvalue weighted by atomic mass is 35.5. The highest BCUT2D eigenvalue weighted by Crippen LogP contribution is 2.45. The fraction of sp³-hybridized carbons (Fsp3) is 0.436. The molecular formula is C39H46ClN5O3. The van der Waals surface area contributed by atoms with Crippen molar-refractivity contribution in [1.82, 2.24) is 15.0 Å². The first-order valence-corrected chi connectivity index (χ1v) is 17.2. The molecule has 0 unspecified atom stereocenters. The lowest BCUT2D eigenvalue weighted by Crippen LogP contribution is -2.39. The Balaban J connectivity index is 1.39. The number of halogens is 1. The van der Waals surface area contributed by atoms with Crippen LogP contribution in [0.25, 0.3) is 22.4 Å². The predicted octanol–water partition coefficient (Wildman–Crippen LogP) is 8.61. The number of rotatable bonds is 7. The molecule has 8 nitrogen and oxygen atoms in total. The molecule has 2 aromatic heterocycles. The first kappa shape index (κ1) is 33.9. The molecule has 0 aliphatic carbocycles. The molecule has 2 aromatic carbocycles. The second kappa shape index (κ2) is 13.1. The zero-order valence-electron chi connectivity index (χ0n) is 29.1. The van der Waals surface area contributed by atoms with Crippen molar-refractivity contribution in [3.8, 4) is 22.4 Å². The molecule has 48 heavy (non-hydrogen) atoms. The summed E-state index contributed by atoms with van der Waals surface area (Å²) in [7, 11) is 0. The minimum Gasteiger partial charge on any atom is -0.479 e. The number of piperidine rings is 1. The number of aromatic nitrogens is 3. The Kier molecular flexibility index (Phi) is 9.26. The second-order valence-electron chi connectivity index (χ2n) is 14.9. The van der Waals surface area contributed by atoms with Crippen LogP contribution in [0.2, 0.25) is 5.02 Å². The van der Waals surface area contributed by atoms with Gasteiger partial charge in [0.1, 0.15) is 12.1 Å². The lowest BCUT2D eigenvalue weighted by Gasteiger charge is -2.41. The fourth-order valence-electron chi connectivity index (χ4n) is 6.98. The van der Waals surface area contributed by atoms with E-state index in [0.717, 1.165) is 85.0 Å². The number of ether oxygens (including phenoxy) is 1. The summed E-state index contributed by atoms with van der Waals surface area (Å²) in [4.78, 5) is 31.6. The van der Waals surface area contributed by atoms with Crippen LogP contribution in [0.15, 0.2) is 54.9 Å². The smallest absolute Gasteiger partial charge is 0.337 e. The summed E-state index contributed by atoms with van der Waals surface area (Å²) < 4.78 is 6.27. The number of hydrogen-bond acceptors (Lipinski definition) is 7. The van der Waals surface area contributed by atoms with Gasteiger partial charge in [-0.05, 0) is 88.1 Å². The Morgan fingerprint density at radius 3 is 2.38 bits per heavy atom. The highest BCUT2D eigenvalue weighted by molar-refractivity contribution is 6.30. The fourth-order valence-corrected chi connectivity index (χ4v) is 7.18. The number of benzene rings is 2. The minimum atomic E-state index is -1.14. The van der Waals surface area contributed by atoms with E-state index in [9.17, 15) is 9.90 Å². The molecule has 4 heterocycles. The molecule has 1 N–H and O–H groups in total. The van der Waals surface area contributed by atoms with Gasteiger partial charge in [-0.1, -0.05) is 55.8 Å². The molecule has 2 aliphatic heterocycles. The number of aliphatic carboxylic acids is 1. The van der Waals surface area contributed by atoms with E-state index < -0.39 is 17.7 Å². The van der Waals surface area contributed by atoms with Crippen molar-refractivity contribution < 1.29 is 14.6 Å². The van der Waals surface area contributed by atoms with Crippen molar-refractivity contribution in [3.05, 3.63) is 88.0 Å². The van der Waals surface area contributed by atoms with Crippen molar-refractivity contribution in [2.75, 3.05) is 29.4 Å². The van der Waals surface area contributed by atoms with Crippen LogP contribution in [0.4, 0.5) is 11.5 Å². The van der Waals surface area contributed by atoms with Crippen molar-refractivity contribution in [1.29, 1.82) is 0 Å². The Labute approximate surface area is 289 Å². The Bertz CT molecular complexity index is 1840. The summed E-state index contributed by atoms with van der Waals surface area (Å²) in [5, 5.41) is 11.2. The molecule has 0 radical (unpaired) electrons. The van der Waals surface area contributed by atoms with Crippen LogP contribution in [-0.4, -0.2) is 51.3 Å². The van der Waals surface area contributed by atoms with E-state index in [-0.39, 0.29) is 5.41 Å². The number of hydrogen-bond donors (Lipinski definition) is 1.